The highest BCUT2D eigenvalue weighted by Gasteiger charge is 2.24. The molecule has 0 spiro atoms. The average molecular weight is 242 g/mol. The lowest BCUT2D eigenvalue weighted by atomic mass is 10.0. The lowest BCUT2D eigenvalue weighted by Gasteiger charge is -2.28. The summed E-state index contributed by atoms with van der Waals surface area (Å²) in [4.78, 5) is 14.1. The molecule has 0 saturated carbocycles. The quantitative estimate of drug-likeness (QED) is 0.664. The minimum Gasteiger partial charge on any atom is -0.352 e. The number of amides is 1. The van der Waals surface area contributed by atoms with Gasteiger partial charge in [-0.25, -0.2) is 0 Å². The van der Waals surface area contributed by atoms with Gasteiger partial charge in [0.25, 0.3) is 0 Å². The van der Waals surface area contributed by atoms with Crippen LogP contribution >= 0.6 is 0 Å². The molecule has 0 aromatic heterocycles. The number of hydrogen-bond acceptors (Lipinski definition) is 2. The Kier molecular flexibility index (Phi) is 8.23. The van der Waals surface area contributed by atoms with Gasteiger partial charge in [-0.1, -0.05) is 40.0 Å². The second-order valence-electron chi connectivity index (χ2n) is 5.56. The van der Waals surface area contributed by atoms with Crippen LogP contribution in [0.15, 0.2) is 0 Å². The standard InChI is InChI=1S/C14H30N2O/c1-7-8-9-10-12(4)15-14(17)13(11(2)3)16(5)6/h11-13H,7-10H2,1-6H3,(H,15,17)/t12-,13-/m1/s1. The fraction of sp³-hybridized carbons (Fsp3) is 0.929. The predicted octanol–water partition coefficient (Wildman–Crippen LogP) is 2.66. The molecule has 0 heterocycles. The summed E-state index contributed by atoms with van der Waals surface area (Å²) in [7, 11) is 3.93. The van der Waals surface area contributed by atoms with Gasteiger partial charge in [0.15, 0.2) is 0 Å². The number of unbranched alkanes of at least 4 members (excludes halogenated alkanes) is 2. The van der Waals surface area contributed by atoms with E-state index in [1.807, 2.05) is 19.0 Å². The van der Waals surface area contributed by atoms with Crippen molar-refractivity contribution in [2.24, 2.45) is 5.92 Å². The Hall–Kier alpha value is -0.570. The van der Waals surface area contributed by atoms with Crippen molar-refractivity contribution < 1.29 is 4.79 Å². The minimum atomic E-state index is -0.0244. The Balaban J connectivity index is 4.12. The van der Waals surface area contributed by atoms with Crippen molar-refractivity contribution in [3.05, 3.63) is 0 Å². The van der Waals surface area contributed by atoms with Gasteiger partial charge in [-0.2, -0.15) is 0 Å². The van der Waals surface area contributed by atoms with Crippen LogP contribution in [0, 0.1) is 5.92 Å². The number of likely N-dealkylation sites (N-methyl/N-ethyl adjacent to an activating group) is 1. The number of carbonyl (C=O) groups is 1. The lowest BCUT2D eigenvalue weighted by Crippen LogP contribution is -2.49. The van der Waals surface area contributed by atoms with Crippen molar-refractivity contribution in [2.45, 2.75) is 65.5 Å². The van der Waals surface area contributed by atoms with E-state index < -0.39 is 0 Å². The molecule has 0 aromatic rings. The SMILES string of the molecule is CCCCC[C@@H](C)NC(=O)[C@@H](C(C)C)N(C)C. The van der Waals surface area contributed by atoms with E-state index in [2.05, 4.69) is 33.0 Å². The van der Waals surface area contributed by atoms with Crippen molar-refractivity contribution in [1.29, 1.82) is 0 Å². The van der Waals surface area contributed by atoms with Gasteiger partial charge in [-0.15, -0.1) is 0 Å². The summed E-state index contributed by atoms with van der Waals surface area (Å²) in [6.45, 7) is 8.47. The molecule has 102 valence electrons. The molecule has 0 aliphatic rings. The third kappa shape index (κ3) is 6.67. The molecule has 0 rings (SSSR count). The molecule has 0 radical (unpaired) electrons. The summed E-state index contributed by atoms with van der Waals surface area (Å²) in [5.41, 5.74) is 0. The number of nitrogens with zero attached hydrogens (tertiary/aromatic N) is 1. The number of nitrogens with one attached hydrogen (secondary N) is 1. The molecule has 1 amide bonds. The zero-order valence-corrected chi connectivity index (χ0v) is 12.4. The van der Waals surface area contributed by atoms with Gasteiger partial charge in [-0.05, 0) is 33.4 Å². The smallest absolute Gasteiger partial charge is 0.237 e. The first-order chi connectivity index (χ1) is 7.90. The third-order valence-corrected chi connectivity index (χ3v) is 3.09. The molecular formula is C14H30N2O. The minimum absolute atomic E-state index is 0.0244. The predicted molar refractivity (Wildman–Crippen MR) is 74.1 cm³/mol. The summed E-state index contributed by atoms with van der Waals surface area (Å²) >= 11 is 0. The van der Waals surface area contributed by atoms with Crippen LogP contribution in [0.3, 0.4) is 0 Å². The first kappa shape index (κ1) is 16.4. The molecule has 17 heavy (non-hydrogen) atoms. The molecule has 0 saturated heterocycles. The normalized spacial score (nSPS) is 15.1. The Labute approximate surface area is 107 Å². The van der Waals surface area contributed by atoms with Crippen LogP contribution in [0.25, 0.3) is 0 Å². The van der Waals surface area contributed by atoms with Gasteiger partial charge in [0.1, 0.15) is 0 Å². The summed E-state index contributed by atoms with van der Waals surface area (Å²) in [5.74, 6) is 0.502. The van der Waals surface area contributed by atoms with Gasteiger partial charge >= 0.3 is 0 Å². The first-order valence-corrected chi connectivity index (χ1v) is 6.86. The highest BCUT2D eigenvalue weighted by molar-refractivity contribution is 5.82. The van der Waals surface area contributed by atoms with E-state index in [0.29, 0.717) is 5.92 Å². The van der Waals surface area contributed by atoms with Crippen molar-refractivity contribution in [2.75, 3.05) is 14.1 Å². The largest absolute Gasteiger partial charge is 0.352 e. The van der Waals surface area contributed by atoms with Crippen molar-refractivity contribution >= 4 is 5.91 Å². The van der Waals surface area contributed by atoms with Crippen LogP contribution < -0.4 is 5.32 Å². The molecule has 0 aliphatic heterocycles. The molecule has 0 aliphatic carbocycles. The van der Waals surface area contributed by atoms with Crippen LogP contribution in [0.1, 0.15) is 53.4 Å². The van der Waals surface area contributed by atoms with Crippen LogP contribution in [0.5, 0.6) is 0 Å². The first-order valence-electron chi connectivity index (χ1n) is 6.86. The fourth-order valence-corrected chi connectivity index (χ4v) is 2.23. The van der Waals surface area contributed by atoms with Gasteiger partial charge in [0.2, 0.25) is 5.91 Å². The summed E-state index contributed by atoms with van der Waals surface area (Å²) in [5, 5.41) is 3.12. The molecule has 3 nitrogen and oxygen atoms in total. The van der Waals surface area contributed by atoms with Crippen LogP contribution in [-0.2, 0) is 4.79 Å². The van der Waals surface area contributed by atoms with Crippen molar-refractivity contribution in [3.8, 4) is 0 Å². The highest BCUT2D eigenvalue weighted by atomic mass is 16.2. The molecule has 3 heteroatoms. The lowest BCUT2D eigenvalue weighted by molar-refractivity contribution is -0.127. The zero-order chi connectivity index (χ0) is 13.4. The monoisotopic (exact) mass is 242 g/mol. The second kappa shape index (κ2) is 8.51. The van der Waals surface area contributed by atoms with E-state index in [1.54, 1.807) is 0 Å². The molecule has 0 fully saturated rings. The zero-order valence-electron chi connectivity index (χ0n) is 12.4. The van der Waals surface area contributed by atoms with Crippen molar-refractivity contribution in [3.63, 3.8) is 0 Å². The van der Waals surface area contributed by atoms with Crippen LogP contribution in [0.2, 0.25) is 0 Å². The number of hydrogen-bond donors (Lipinski definition) is 1. The average Bonchev–Trinajstić information content (AvgIpc) is 2.16. The van der Waals surface area contributed by atoms with Gasteiger partial charge in [0, 0.05) is 6.04 Å². The van der Waals surface area contributed by atoms with Gasteiger partial charge < -0.3 is 5.32 Å². The molecule has 2 atom stereocenters. The van der Waals surface area contributed by atoms with E-state index in [-0.39, 0.29) is 18.0 Å². The molecule has 0 unspecified atom stereocenters. The van der Waals surface area contributed by atoms with Gasteiger partial charge in [0.05, 0.1) is 6.04 Å². The van der Waals surface area contributed by atoms with E-state index >= 15 is 0 Å². The summed E-state index contributed by atoms with van der Waals surface area (Å²) in [6, 6.07) is 0.263. The van der Waals surface area contributed by atoms with Crippen molar-refractivity contribution in [1.82, 2.24) is 10.2 Å². The Morgan fingerprint density at radius 1 is 1.18 bits per heavy atom. The van der Waals surface area contributed by atoms with E-state index in [0.717, 1.165) is 6.42 Å². The summed E-state index contributed by atoms with van der Waals surface area (Å²) < 4.78 is 0. The van der Waals surface area contributed by atoms with E-state index in [9.17, 15) is 4.79 Å². The summed E-state index contributed by atoms with van der Waals surface area (Å²) in [6.07, 6.45) is 4.76. The fourth-order valence-electron chi connectivity index (χ4n) is 2.23. The molecule has 1 N–H and O–H groups in total. The Bertz CT molecular complexity index is 206. The maximum atomic E-state index is 12.1. The molecule has 0 bridgehead atoms. The Morgan fingerprint density at radius 2 is 1.76 bits per heavy atom. The number of carbonyl (C=O) groups excluding carboxylic acids is 1. The van der Waals surface area contributed by atoms with E-state index in [1.165, 1.54) is 19.3 Å². The maximum Gasteiger partial charge on any atom is 0.237 e. The third-order valence-electron chi connectivity index (χ3n) is 3.09. The number of rotatable bonds is 8. The van der Waals surface area contributed by atoms with E-state index in [4.69, 9.17) is 0 Å². The maximum absolute atomic E-state index is 12.1. The van der Waals surface area contributed by atoms with Crippen LogP contribution in [-0.4, -0.2) is 37.0 Å². The topological polar surface area (TPSA) is 32.3 Å². The molecular weight excluding hydrogens is 212 g/mol. The Morgan fingerprint density at radius 3 is 2.18 bits per heavy atom. The van der Waals surface area contributed by atoms with Gasteiger partial charge in [-0.3, -0.25) is 9.69 Å². The second-order valence-corrected chi connectivity index (χ2v) is 5.56. The molecule has 0 aromatic carbocycles. The van der Waals surface area contributed by atoms with Crippen LogP contribution in [0.4, 0.5) is 0 Å². The highest BCUT2D eigenvalue weighted by Crippen LogP contribution is 2.09.